The second kappa shape index (κ2) is 19.4. The maximum Gasteiger partial charge on any atom is 0.414 e. The van der Waals surface area contributed by atoms with Crippen molar-refractivity contribution in [3.05, 3.63) is 124 Å². The number of para-hydroxylation sites is 1. The largest absolute Gasteiger partial charge is 0.414 e. The van der Waals surface area contributed by atoms with Gasteiger partial charge in [0, 0.05) is 35.5 Å². The molecule has 1 aliphatic heterocycles. The van der Waals surface area contributed by atoms with Gasteiger partial charge in [0.25, 0.3) is 0 Å². The number of carbonyl (C=O) groups excluding carboxylic acids is 2. The molecule has 0 radical (unpaired) electrons. The number of carbonyl (C=O) groups is 2. The molecule has 6 atom stereocenters. The van der Waals surface area contributed by atoms with Gasteiger partial charge in [0.15, 0.2) is 5.78 Å². The van der Waals surface area contributed by atoms with Crippen LogP contribution in [-0.4, -0.2) is 57.2 Å². The Kier molecular flexibility index (Phi) is 14.9. The first-order chi connectivity index (χ1) is 26.8. The van der Waals surface area contributed by atoms with Crippen LogP contribution in [0.4, 0.5) is 4.79 Å². The normalized spacial score (nSPS) is 27.6. The first-order valence-corrected chi connectivity index (χ1v) is 20.3. The highest BCUT2D eigenvalue weighted by Crippen LogP contribution is 2.63. The number of aliphatic hydroxyl groups excluding tert-OH is 3. The lowest BCUT2D eigenvalue weighted by Crippen LogP contribution is -2.59. The fraction of sp³-hybridized carbons (Fsp3) is 0.489. The zero-order chi connectivity index (χ0) is 40.5. The Morgan fingerprint density at radius 2 is 1.84 bits per heavy atom. The number of aryl methyl sites for hydroxylation is 1. The van der Waals surface area contributed by atoms with Crippen molar-refractivity contribution < 1.29 is 34.8 Å². The van der Waals surface area contributed by atoms with Crippen LogP contribution in [0.2, 0.25) is 0 Å². The molecule has 2 saturated carbocycles. The number of hydrogen-bond donors (Lipinski definition) is 6. The number of ketones is 1. The number of fused-ring (bicyclic) bond motifs is 1. The number of amides is 1. The molecule has 0 bridgehead atoms. The average Bonchev–Trinajstić information content (AvgIpc) is 3.51. The minimum Gasteiger partial charge on any atom is -0.410 e. The summed E-state index contributed by atoms with van der Waals surface area (Å²) in [6.07, 6.45) is 13.3. The number of allylic oxidation sites excluding steroid dienone is 8. The Labute approximate surface area is 332 Å². The van der Waals surface area contributed by atoms with Crippen LogP contribution in [-0.2, 0) is 17.6 Å². The van der Waals surface area contributed by atoms with E-state index in [4.69, 9.17) is 10.5 Å². The van der Waals surface area contributed by atoms with Crippen LogP contribution in [0, 0.1) is 17.3 Å². The lowest BCUT2D eigenvalue weighted by Gasteiger charge is -2.55. The minimum absolute atomic E-state index is 0.0144. The van der Waals surface area contributed by atoms with E-state index in [9.17, 15) is 30.0 Å². The highest BCUT2D eigenvalue weighted by atomic mass is 16.6. The number of nitrogens with two attached hydrogens (primary N) is 1. The predicted octanol–water partition coefficient (Wildman–Crippen LogP) is 7.65. The second-order valence-electron chi connectivity index (χ2n) is 16.3. The van der Waals surface area contributed by atoms with E-state index in [2.05, 4.69) is 49.2 Å². The molecule has 56 heavy (non-hydrogen) atoms. The lowest BCUT2D eigenvalue weighted by molar-refractivity contribution is -0.167. The zero-order valence-electron chi connectivity index (χ0n) is 33.4. The molecule has 1 amide bonds. The van der Waals surface area contributed by atoms with E-state index >= 15 is 0 Å². The Morgan fingerprint density at radius 3 is 2.57 bits per heavy atom. The van der Waals surface area contributed by atoms with Gasteiger partial charge < -0.3 is 36.2 Å². The third-order valence-corrected chi connectivity index (χ3v) is 12.7. The number of hydrogen-bond acceptors (Lipinski definition) is 8. The highest BCUT2D eigenvalue weighted by molar-refractivity contribution is 5.97. The Bertz CT molecular complexity index is 1840. The van der Waals surface area contributed by atoms with Gasteiger partial charge in [0.2, 0.25) is 0 Å². The van der Waals surface area contributed by atoms with E-state index in [0.29, 0.717) is 66.5 Å². The van der Waals surface area contributed by atoms with Crippen molar-refractivity contribution >= 4 is 11.9 Å². The summed E-state index contributed by atoms with van der Waals surface area (Å²) in [4.78, 5) is 26.2. The van der Waals surface area contributed by atoms with Gasteiger partial charge in [-0.05, 0) is 114 Å². The first-order valence-electron chi connectivity index (χ1n) is 20.3. The van der Waals surface area contributed by atoms with Crippen molar-refractivity contribution in [3.63, 3.8) is 0 Å². The van der Waals surface area contributed by atoms with Crippen LogP contribution in [0.3, 0.4) is 0 Å². The third-order valence-electron chi connectivity index (χ3n) is 12.7. The van der Waals surface area contributed by atoms with Crippen molar-refractivity contribution in [1.29, 1.82) is 0 Å². The molecule has 5 rings (SSSR count). The molecule has 2 aromatic carbocycles. The lowest BCUT2D eigenvalue weighted by atomic mass is 9.52. The highest BCUT2D eigenvalue weighted by Gasteiger charge is 2.64. The summed E-state index contributed by atoms with van der Waals surface area (Å²) < 4.78 is 5.46. The van der Waals surface area contributed by atoms with Crippen molar-refractivity contribution in [1.82, 2.24) is 5.32 Å². The Hall–Kier alpha value is -4.12. The molecule has 1 spiro atoms. The third kappa shape index (κ3) is 9.69. The summed E-state index contributed by atoms with van der Waals surface area (Å²) in [7, 11) is 0. The fourth-order valence-corrected chi connectivity index (χ4v) is 9.49. The van der Waals surface area contributed by atoms with Gasteiger partial charge in [0.05, 0.1) is 18.3 Å². The van der Waals surface area contributed by atoms with Crippen molar-refractivity contribution in [2.24, 2.45) is 23.0 Å². The van der Waals surface area contributed by atoms with Gasteiger partial charge in [-0.15, -0.1) is 0 Å². The smallest absolute Gasteiger partial charge is 0.410 e. The molecule has 9 heteroatoms. The second-order valence-corrected chi connectivity index (χ2v) is 16.3. The summed E-state index contributed by atoms with van der Waals surface area (Å²) in [5, 5.41) is 47.6. The van der Waals surface area contributed by atoms with Crippen LogP contribution in [0.1, 0.15) is 108 Å². The summed E-state index contributed by atoms with van der Waals surface area (Å²) in [6.45, 7) is 9.69. The number of ether oxygens (including phenoxy) is 1. The van der Waals surface area contributed by atoms with Crippen LogP contribution < -0.4 is 15.8 Å². The molecule has 3 aliphatic rings. The van der Waals surface area contributed by atoms with E-state index in [1.165, 1.54) is 11.1 Å². The van der Waals surface area contributed by atoms with Gasteiger partial charge in [-0.2, -0.15) is 0 Å². The minimum atomic E-state index is -1.26. The summed E-state index contributed by atoms with van der Waals surface area (Å²) in [5.41, 5.74) is 10.8. The molecular formula is C47H62N2O7. The maximum absolute atomic E-state index is 14.0. The molecule has 9 nitrogen and oxygen atoms in total. The molecule has 7 N–H and O–H groups in total. The fourth-order valence-electron chi connectivity index (χ4n) is 9.49. The quantitative estimate of drug-likeness (QED) is 0.0544. The topological polar surface area (TPSA) is 162 Å². The van der Waals surface area contributed by atoms with Crippen LogP contribution in [0.25, 0.3) is 0 Å². The van der Waals surface area contributed by atoms with E-state index in [1.807, 2.05) is 24.3 Å². The standard InChI is InChI=1S/C47H62N2O7/c1-31(15-9-19-34-17-6-5-7-18-34)13-8-14-32(2)16-10-21-36(30-51)38-25-27-47(43(38)53)40(23-12-28-50)37(24-26-46(47,4)55)33(3)41(52)29-35-20-11-22-39-42(35)56-45(54)49-44(39)48/h5-7,10-11,13,16-18,20-22,38,40,43-44,50-51,53,55H,2,8-9,12,14-15,19,23-30,48H2,1,3-4H3,(H,49,54)/b16-10+,31-13-,36-21-,37-33+/t38-,40-,43-,44+,46-,47-/m1/s1. The molecule has 2 aliphatic carbocycles. The molecule has 302 valence electrons. The number of rotatable bonds is 17. The molecule has 2 fully saturated rings. The Morgan fingerprint density at radius 1 is 1.07 bits per heavy atom. The first kappa shape index (κ1) is 43.0. The summed E-state index contributed by atoms with van der Waals surface area (Å²) in [6, 6.07) is 15.8. The molecule has 1 heterocycles. The number of benzene rings is 2. The van der Waals surface area contributed by atoms with Crippen LogP contribution in [0.15, 0.2) is 107 Å². The van der Waals surface area contributed by atoms with Gasteiger partial charge in [-0.25, -0.2) is 4.79 Å². The molecule has 2 aromatic rings. The predicted molar refractivity (Wildman–Crippen MR) is 221 cm³/mol. The number of nitrogens with one attached hydrogen (secondary N) is 1. The maximum atomic E-state index is 14.0. The van der Waals surface area contributed by atoms with Crippen LogP contribution >= 0.6 is 0 Å². The molecule has 0 unspecified atom stereocenters. The van der Waals surface area contributed by atoms with Gasteiger partial charge in [-0.3, -0.25) is 4.79 Å². The molecular weight excluding hydrogens is 705 g/mol. The van der Waals surface area contributed by atoms with Crippen LogP contribution in [0.5, 0.6) is 5.75 Å². The molecule has 0 saturated heterocycles. The summed E-state index contributed by atoms with van der Waals surface area (Å²) >= 11 is 0. The van der Waals surface area contributed by atoms with Crippen molar-refractivity contribution in [2.75, 3.05) is 13.2 Å². The summed E-state index contributed by atoms with van der Waals surface area (Å²) in [5.74, 6) is -0.642. The van der Waals surface area contributed by atoms with E-state index in [1.54, 1.807) is 32.0 Å². The zero-order valence-corrected chi connectivity index (χ0v) is 33.4. The SMILES string of the molecule is C=C(/C=C/C=C(/CO)[C@H]1CC[C@@]2([C@H](CCCO)/C(=C(\C)C(=O)Cc3cccc4c3OC(=O)N[C@@H]4N)CC[C@@]2(C)O)[C@@H]1O)CC/C=C(/C)CCCc1ccccc1. The van der Waals surface area contributed by atoms with E-state index in [0.717, 1.165) is 43.3 Å². The van der Waals surface area contributed by atoms with E-state index in [-0.39, 0.29) is 31.3 Å². The van der Waals surface area contributed by atoms with Gasteiger partial charge in [-0.1, -0.05) is 96.1 Å². The molecule has 0 aromatic heterocycles. The van der Waals surface area contributed by atoms with E-state index < -0.39 is 35.3 Å². The number of aliphatic hydroxyl groups is 4. The number of Topliss-reactive ketones (excluding diaryl/α,β-unsaturated/α-hetero) is 1. The van der Waals surface area contributed by atoms with Crippen molar-refractivity contribution in [2.45, 2.75) is 116 Å². The average molecular weight is 767 g/mol. The van der Waals surface area contributed by atoms with Gasteiger partial charge >= 0.3 is 6.09 Å². The Balaban J connectivity index is 1.29. The van der Waals surface area contributed by atoms with Gasteiger partial charge in [0.1, 0.15) is 11.9 Å². The van der Waals surface area contributed by atoms with Crippen molar-refractivity contribution in [3.8, 4) is 5.75 Å². The monoisotopic (exact) mass is 766 g/mol.